The molecule has 6 aromatic rings. The first-order chi connectivity index (χ1) is 29.9. The molecule has 3 heteroatoms. The van der Waals surface area contributed by atoms with Crippen LogP contribution in [0.4, 0.5) is 0 Å². The van der Waals surface area contributed by atoms with E-state index in [1.165, 1.54) is 0 Å². The Morgan fingerprint density at radius 2 is 1.20 bits per heavy atom. The average Bonchev–Trinajstić information content (AvgIpc) is 3.30. The molecule has 0 radical (unpaired) electrons. The minimum atomic E-state index is 0.442. The molecule has 3 nitrogen and oxygen atoms in total. The summed E-state index contributed by atoms with van der Waals surface area (Å²) in [5.74, 6) is 0. The van der Waals surface area contributed by atoms with Crippen LogP contribution in [0.5, 0.6) is 0 Å². The Hall–Kier alpha value is -7.75. The Morgan fingerprint density at radius 1 is 0.590 bits per heavy atom. The van der Waals surface area contributed by atoms with Gasteiger partial charge < -0.3 is 0 Å². The van der Waals surface area contributed by atoms with Gasteiger partial charge in [-0.1, -0.05) is 202 Å². The van der Waals surface area contributed by atoms with Gasteiger partial charge in [-0.05, 0) is 104 Å². The topological polar surface area (TPSA) is 37.1 Å². The van der Waals surface area contributed by atoms with Crippen LogP contribution in [0.2, 0.25) is 0 Å². The molecule has 0 amide bonds. The van der Waals surface area contributed by atoms with Crippen LogP contribution < -0.4 is 0 Å². The molecule has 0 aliphatic carbocycles. The second-order valence-corrected chi connectivity index (χ2v) is 14.4. The van der Waals surface area contributed by atoms with E-state index in [0.717, 1.165) is 88.8 Å². The van der Waals surface area contributed by atoms with Crippen LogP contribution >= 0.6 is 0 Å². The van der Waals surface area contributed by atoms with Gasteiger partial charge in [-0.3, -0.25) is 15.0 Å². The average molecular weight is 790 g/mol. The fourth-order valence-corrected chi connectivity index (χ4v) is 7.18. The molecule has 0 atom stereocenters. The van der Waals surface area contributed by atoms with E-state index in [9.17, 15) is 0 Å². The lowest BCUT2D eigenvalue weighted by Gasteiger charge is -2.12. The molecule has 0 heterocycles. The van der Waals surface area contributed by atoms with Crippen molar-refractivity contribution < 1.29 is 0 Å². The zero-order chi connectivity index (χ0) is 43.0. The summed E-state index contributed by atoms with van der Waals surface area (Å²) < 4.78 is 0. The highest BCUT2D eigenvalue weighted by Crippen LogP contribution is 2.29. The Kier molecular flexibility index (Phi) is 15.0. The summed E-state index contributed by atoms with van der Waals surface area (Å²) in [6.07, 6.45) is 13.4. The number of fused-ring (bicyclic) bond motifs is 1. The fraction of sp³-hybridized carbons (Fsp3) is 0.0517. The van der Waals surface area contributed by atoms with E-state index in [4.69, 9.17) is 4.99 Å². The smallest absolute Gasteiger partial charge is 0.0716 e. The normalized spacial score (nSPS) is 12.2. The van der Waals surface area contributed by atoms with Crippen molar-refractivity contribution in [2.75, 3.05) is 7.05 Å². The minimum Gasteiger partial charge on any atom is -0.296 e. The Morgan fingerprint density at radius 3 is 1.89 bits per heavy atom. The van der Waals surface area contributed by atoms with E-state index in [0.29, 0.717) is 12.2 Å². The van der Waals surface area contributed by atoms with Gasteiger partial charge in [0.2, 0.25) is 0 Å². The fourth-order valence-electron chi connectivity index (χ4n) is 7.18. The zero-order valence-corrected chi connectivity index (χ0v) is 35.1. The van der Waals surface area contributed by atoms with Gasteiger partial charge in [0.05, 0.1) is 18.0 Å². The highest BCUT2D eigenvalue weighted by molar-refractivity contribution is 6.14. The summed E-state index contributed by atoms with van der Waals surface area (Å²) in [4.78, 5) is 14.2. The van der Waals surface area contributed by atoms with Crippen molar-refractivity contribution in [3.8, 4) is 22.3 Å². The molecule has 6 aromatic carbocycles. The molecule has 0 spiro atoms. The van der Waals surface area contributed by atoms with Gasteiger partial charge in [0, 0.05) is 24.4 Å². The third-order valence-corrected chi connectivity index (χ3v) is 10.3. The molecular weight excluding hydrogens is 739 g/mol. The van der Waals surface area contributed by atoms with Crippen LogP contribution in [-0.2, 0) is 6.54 Å². The van der Waals surface area contributed by atoms with Gasteiger partial charge in [0.1, 0.15) is 0 Å². The van der Waals surface area contributed by atoms with Crippen LogP contribution in [0, 0.1) is 0 Å². The molecule has 0 aliphatic heterocycles. The quantitative estimate of drug-likeness (QED) is 0.0734. The molecule has 6 rings (SSSR count). The molecule has 298 valence electrons. The largest absolute Gasteiger partial charge is 0.296 e. The van der Waals surface area contributed by atoms with E-state index in [1.54, 1.807) is 13.1 Å². The maximum atomic E-state index is 5.29. The number of allylic oxidation sites excluding steroid dienone is 7. The van der Waals surface area contributed by atoms with Crippen molar-refractivity contribution in [1.29, 1.82) is 0 Å². The molecule has 0 N–H and O–H groups in total. The summed E-state index contributed by atoms with van der Waals surface area (Å²) in [6, 6.07) is 54.7. The van der Waals surface area contributed by atoms with Crippen molar-refractivity contribution in [3.63, 3.8) is 0 Å². The predicted octanol–water partition coefficient (Wildman–Crippen LogP) is 15.1. The van der Waals surface area contributed by atoms with Gasteiger partial charge in [0.25, 0.3) is 0 Å². The third kappa shape index (κ3) is 10.9. The van der Waals surface area contributed by atoms with Crippen molar-refractivity contribution in [1.82, 2.24) is 0 Å². The summed E-state index contributed by atoms with van der Waals surface area (Å²) in [7, 11) is 1.77. The number of aliphatic imine (C=N–C) groups is 3. The van der Waals surface area contributed by atoms with Gasteiger partial charge in [-0.25, -0.2) is 0 Å². The number of rotatable bonds is 15. The molecule has 0 fully saturated rings. The lowest BCUT2D eigenvalue weighted by molar-refractivity contribution is 1.07. The number of hydrogen-bond donors (Lipinski definition) is 0. The lowest BCUT2D eigenvalue weighted by atomic mass is 9.94. The molecule has 61 heavy (non-hydrogen) atoms. The summed E-state index contributed by atoms with van der Waals surface area (Å²) in [5.41, 5.74) is 14.7. The maximum absolute atomic E-state index is 5.29. The van der Waals surface area contributed by atoms with Gasteiger partial charge in [0.15, 0.2) is 0 Å². The number of benzene rings is 5. The highest BCUT2D eigenvalue weighted by Gasteiger charge is 2.12. The van der Waals surface area contributed by atoms with E-state index in [1.807, 2.05) is 61.7 Å². The zero-order valence-electron chi connectivity index (χ0n) is 35.1. The molecule has 0 aliphatic rings. The van der Waals surface area contributed by atoms with Gasteiger partial charge >= 0.3 is 0 Å². The first kappa shape index (κ1) is 42.8. The maximum Gasteiger partial charge on any atom is 0.0716 e. The standard InChI is InChI=1S/C58H51N3/c1-8-11-29-53(42(4)5)56(41-59-6)51-27-20-28-52(38-51)57(60-7)39-58(48-34-32-47(33-35-48)46-23-13-12-14-24-46)61-40-43-21-19-26-49(36-43)50-25-16-15-22-44(9-2)54-30-17-18-31-55(54)45(10-3)37-50/h8-39,41H,1-4,7,40H2,5-6H3/b16-15?,22-15?,25-16?,29-11-,44-22?,45-37?,50-25?,50-37?,54-44?,55-45?,56-53+,57-39-,59-41?,61-58?. The van der Waals surface area contributed by atoms with Gasteiger partial charge in [-0.15, -0.1) is 0 Å². The Bertz CT molecular complexity index is 2810. The van der Waals surface area contributed by atoms with E-state index < -0.39 is 0 Å². The van der Waals surface area contributed by atoms with Crippen LogP contribution in [0.1, 0.15) is 40.3 Å². The Balaban J connectivity index is 1.46. The Labute approximate surface area is 362 Å². The first-order valence-corrected chi connectivity index (χ1v) is 20.2. The van der Waals surface area contributed by atoms with Crippen LogP contribution in [-0.4, -0.2) is 25.7 Å². The SMILES string of the molecule is C=C/C=C\C(C(=C)C)=C(\C=NC)c1cccc(/C(=C/C(=NCc2cccc(-c3ccccc(C=C)c4ccccc4c(C=C)c3)c2)c2ccc(-c3ccccc3)cc2)N=C)c1. The van der Waals surface area contributed by atoms with Crippen LogP contribution in [0.25, 0.3) is 56.4 Å². The van der Waals surface area contributed by atoms with E-state index in [-0.39, 0.29) is 0 Å². The summed E-state index contributed by atoms with van der Waals surface area (Å²) in [6.45, 7) is 22.8. The highest BCUT2D eigenvalue weighted by atomic mass is 14.8. The first-order valence-electron chi connectivity index (χ1n) is 20.2. The van der Waals surface area contributed by atoms with Crippen LogP contribution in [0.15, 0.2) is 234 Å². The summed E-state index contributed by atoms with van der Waals surface area (Å²) >= 11 is 0. The van der Waals surface area contributed by atoms with Crippen molar-refractivity contribution in [2.24, 2.45) is 15.0 Å². The molecule has 0 unspecified atom stereocenters. The van der Waals surface area contributed by atoms with E-state index >= 15 is 0 Å². The summed E-state index contributed by atoms with van der Waals surface area (Å²) in [5, 5.41) is 2.21. The molecule has 0 saturated heterocycles. The molecule has 0 saturated carbocycles. The third-order valence-electron chi connectivity index (χ3n) is 10.3. The second-order valence-electron chi connectivity index (χ2n) is 14.4. The predicted molar refractivity (Wildman–Crippen MR) is 269 cm³/mol. The van der Waals surface area contributed by atoms with Crippen molar-refractivity contribution in [3.05, 3.63) is 253 Å². The molecule has 0 bridgehead atoms. The monoisotopic (exact) mass is 789 g/mol. The minimum absolute atomic E-state index is 0.442. The van der Waals surface area contributed by atoms with Crippen molar-refractivity contribution >= 4 is 52.8 Å². The molecular formula is C58H51N3. The second kappa shape index (κ2) is 21.3. The van der Waals surface area contributed by atoms with Crippen LogP contribution in [0.3, 0.4) is 0 Å². The van der Waals surface area contributed by atoms with Gasteiger partial charge in [-0.2, -0.15) is 0 Å². The molecule has 0 aromatic heterocycles. The lowest BCUT2D eigenvalue weighted by Crippen LogP contribution is -2.01. The number of hydrogen-bond acceptors (Lipinski definition) is 3. The number of nitrogens with zero attached hydrogens (tertiary/aromatic N) is 3. The van der Waals surface area contributed by atoms with E-state index in [2.05, 4.69) is 183 Å². The van der Waals surface area contributed by atoms with Crippen molar-refractivity contribution in [2.45, 2.75) is 13.5 Å².